The van der Waals surface area contributed by atoms with Crippen LogP contribution in [0.25, 0.3) is 11.0 Å². The zero-order chi connectivity index (χ0) is 59.6. The van der Waals surface area contributed by atoms with Crippen LogP contribution >= 0.6 is 11.6 Å². The fourth-order valence-corrected chi connectivity index (χ4v) is 13.3. The van der Waals surface area contributed by atoms with Gasteiger partial charge in [-0.15, -0.1) is 0 Å². The first-order valence-corrected chi connectivity index (χ1v) is 31.6. The highest BCUT2D eigenvalue weighted by Crippen LogP contribution is 2.48. The van der Waals surface area contributed by atoms with E-state index in [1.54, 1.807) is 16.1 Å². The van der Waals surface area contributed by atoms with E-state index in [0.717, 1.165) is 124 Å². The Kier molecular flexibility index (Phi) is 18.1. The smallest absolute Gasteiger partial charge is 0.416 e. The molecule has 1 aliphatic carbocycles. The van der Waals surface area contributed by atoms with Crippen molar-refractivity contribution in [3.63, 3.8) is 0 Å². The topological polar surface area (TPSA) is 193 Å². The van der Waals surface area contributed by atoms with E-state index in [9.17, 15) is 24.0 Å². The Morgan fingerprint density at radius 1 is 0.741 bits per heavy atom. The highest BCUT2D eigenvalue weighted by molar-refractivity contribution is 6.30. The molecule has 7 fully saturated rings. The lowest BCUT2D eigenvalue weighted by molar-refractivity contribution is -0.135. The number of piperazine rings is 1. The van der Waals surface area contributed by atoms with Gasteiger partial charge >= 0.3 is 12.2 Å². The molecule has 0 radical (unpaired) electrons. The molecular weight excluding hydrogens is 1100 g/mol. The third kappa shape index (κ3) is 14.7. The van der Waals surface area contributed by atoms with Crippen LogP contribution in [0.2, 0.25) is 5.02 Å². The molecule has 11 rings (SSSR count). The number of likely N-dealkylation sites (tertiary alicyclic amines) is 3. The summed E-state index contributed by atoms with van der Waals surface area (Å²) >= 11 is 6.40. The van der Waals surface area contributed by atoms with Gasteiger partial charge in [-0.25, -0.2) is 24.5 Å². The summed E-state index contributed by atoms with van der Waals surface area (Å²) in [5.41, 5.74) is 1.73. The Balaban J connectivity index is 0.612. The van der Waals surface area contributed by atoms with Crippen LogP contribution in [-0.2, 0) is 23.8 Å². The van der Waals surface area contributed by atoms with Crippen LogP contribution in [0.5, 0.6) is 0 Å². The zero-order valence-electron chi connectivity index (χ0n) is 50.7. The fraction of sp³-hybridized carbons (Fsp3) is 0.625. The molecule has 4 aromatic rings. The molecule has 5 amide bonds. The third-order valence-corrected chi connectivity index (χ3v) is 18.3. The highest BCUT2D eigenvalue weighted by atomic mass is 35.5. The predicted octanol–water partition coefficient (Wildman–Crippen LogP) is 8.77. The van der Waals surface area contributed by atoms with E-state index >= 15 is 0 Å². The second-order valence-electron chi connectivity index (χ2n) is 26.5. The number of nitrogens with one attached hydrogen (secondary N) is 1. The number of nitrogens with zero attached hydrogens (tertiary/aromatic N) is 11. The van der Waals surface area contributed by atoms with Crippen LogP contribution in [0.4, 0.5) is 15.4 Å². The van der Waals surface area contributed by atoms with Crippen molar-refractivity contribution in [3.05, 3.63) is 88.8 Å². The van der Waals surface area contributed by atoms with Gasteiger partial charge < -0.3 is 38.8 Å². The van der Waals surface area contributed by atoms with Gasteiger partial charge in [0.1, 0.15) is 46.9 Å². The average molecular weight is 1190 g/mol. The minimum atomic E-state index is -0.664. The van der Waals surface area contributed by atoms with Gasteiger partial charge in [0.15, 0.2) is 0 Å². The zero-order valence-corrected chi connectivity index (χ0v) is 51.4. The van der Waals surface area contributed by atoms with Crippen molar-refractivity contribution >= 4 is 64.2 Å². The summed E-state index contributed by atoms with van der Waals surface area (Å²) in [7, 11) is 0. The van der Waals surface area contributed by atoms with Crippen molar-refractivity contribution in [1.82, 2.24) is 49.3 Å². The number of amides is 5. The molecule has 2 aromatic heterocycles. The van der Waals surface area contributed by atoms with E-state index in [1.807, 2.05) is 111 Å². The summed E-state index contributed by atoms with van der Waals surface area (Å²) in [4.78, 5) is 102. The monoisotopic (exact) mass is 1190 g/mol. The molecule has 2 aromatic carbocycles. The first-order chi connectivity index (χ1) is 40.8. The maximum absolute atomic E-state index is 13.9. The number of amidine groups is 1. The van der Waals surface area contributed by atoms with Gasteiger partial charge in [-0.2, -0.15) is 0 Å². The number of H-pyrrole nitrogens is 1. The molecule has 0 bridgehead atoms. The Labute approximate surface area is 505 Å². The summed E-state index contributed by atoms with van der Waals surface area (Å²) in [5.74, 6) is 1.89. The molecule has 1 spiro atoms. The maximum Gasteiger partial charge on any atom is 0.416 e. The van der Waals surface area contributed by atoms with Crippen molar-refractivity contribution in [1.29, 1.82) is 0 Å². The molecule has 458 valence electrons. The average Bonchev–Trinajstić information content (AvgIpc) is 1.57. The Morgan fingerprint density at radius 2 is 1.44 bits per heavy atom. The minimum Gasteiger partial charge on any atom is -0.444 e. The largest absolute Gasteiger partial charge is 0.444 e. The minimum absolute atomic E-state index is 0.0233. The molecule has 2 atom stereocenters. The SMILES string of the molecule is CC(C)(C)OC(=O)N(CC(=O)N1CCCC(c2cccc(C(=O)N3CCC(OC4CCN(CC(=O)N5CCN(CC[C@H](N=C6N(C(=O)OC(C)(C)C)C67CCN(c6ncnc8[nH]ccc68)CC7)c6ccc(Cl)cc6)CC5)CC4)CC3)c2)C1)C1CC1. The molecule has 8 heterocycles. The number of aromatic nitrogens is 3. The number of fused-ring (bicyclic) bond motifs is 1. The number of hydrogen-bond acceptors (Lipinski definition) is 14. The number of aromatic amines is 1. The lowest BCUT2D eigenvalue weighted by Crippen LogP contribution is -2.52. The standard InChI is InChI=1S/C64H87ClN12O8/c1-62(2,3)84-60(81)76(49-16-17-49)42-55(79)75-27-8-11-47(40-75)45-9-7-10-46(39-45)58(80)74-31-21-51(22-32-74)83-50-19-28-71(29-20-50)41-54(78)72-37-35-70(36-38-72)30-23-53(44-12-14-48(65)15-13-44)69-59-64(77(59)61(82)85-63(4,5)6)24-33-73(34-25-64)57-52-18-26-66-56(52)67-43-68-57/h7,9-10,12-15,18,26,39,43,47,49-51,53H,8,11,16-17,19-25,27-38,40-42H2,1-6H3,(H,66,67,68)/t47?,53-,77?/m0/s1. The van der Waals surface area contributed by atoms with Gasteiger partial charge in [0.2, 0.25) is 11.8 Å². The summed E-state index contributed by atoms with van der Waals surface area (Å²) in [6.07, 6.45) is 11.9. The van der Waals surface area contributed by atoms with Crippen LogP contribution < -0.4 is 4.90 Å². The number of piperidine rings is 4. The lowest BCUT2D eigenvalue weighted by atomic mass is 9.89. The normalized spacial score (nSPS) is 22.0. The van der Waals surface area contributed by atoms with Crippen LogP contribution in [0.3, 0.4) is 0 Å². The van der Waals surface area contributed by atoms with Gasteiger partial charge in [-0.3, -0.25) is 34.1 Å². The third-order valence-electron chi connectivity index (χ3n) is 18.1. The molecule has 20 nitrogen and oxygen atoms in total. The van der Waals surface area contributed by atoms with Gasteiger partial charge in [0, 0.05) is 114 Å². The molecule has 7 aliphatic rings. The molecule has 1 N–H and O–H groups in total. The number of carbonyl (C=O) groups is 5. The van der Waals surface area contributed by atoms with Gasteiger partial charge in [0.25, 0.3) is 5.91 Å². The molecule has 6 saturated heterocycles. The summed E-state index contributed by atoms with van der Waals surface area (Å²) < 4.78 is 18.3. The van der Waals surface area contributed by atoms with Crippen molar-refractivity contribution < 1.29 is 38.2 Å². The van der Waals surface area contributed by atoms with E-state index in [1.165, 1.54) is 0 Å². The van der Waals surface area contributed by atoms with E-state index < -0.39 is 22.8 Å². The van der Waals surface area contributed by atoms with Crippen LogP contribution in [0.15, 0.2) is 72.1 Å². The van der Waals surface area contributed by atoms with E-state index in [2.05, 4.69) is 35.7 Å². The second-order valence-corrected chi connectivity index (χ2v) is 27.0. The number of hydrogen-bond donors (Lipinski definition) is 1. The summed E-state index contributed by atoms with van der Waals surface area (Å²) in [5, 5.41) is 1.63. The van der Waals surface area contributed by atoms with Gasteiger partial charge in [0.05, 0.1) is 30.2 Å². The predicted molar refractivity (Wildman–Crippen MR) is 326 cm³/mol. The second kappa shape index (κ2) is 25.5. The Hall–Kier alpha value is -6.35. The molecule has 6 aliphatic heterocycles. The maximum atomic E-state index is 13.9. The van der Waals surface area contributed by atoms with Gasteiger partial charge in [-0.1, -0.05) is 35.9 Å². The highest BCUT2D eigenvalue weighted by Gasteiger charge is 2.65. The Morgan fingerprint density at radius 3 is 2.12 bits per heavy atom. The van der Waals surface area contributed by atoms with Crippen molar-refractivity contribution in [2.75, 3.05) is 103 Å². The molecule has 21 heteroatoms. The summed E-state index contributed by atoms with van der Waals surface area (Å²) in [6.45, 7) is 20.7. The van der Waals surface area contributed by atoms with E-state index in [-0.39, 0.29) is 60.6 Å². The number of halogens is 1. The number of ether oxygens (including phenoxy) is 3. The van der Waals surface area contributed by atoms with Crippen LogP contribution in [-0.4, -0.2) is 218 Å². The molecule has 1 unspecified atom stereocenters. The number of carbonyl (C=O) groups excluding carboxylic acids is 5. The van der Waals surface area contributed by atoms with Crippen molar-refractivity contribution in [2.45, 2.75) is 159 Å². The Bertz CT molecular complexity index is 3050. The molecule has 1 saturated carbocycles. The van der Waals surface area contributed by atoms with E-state index in [4.69, 9.17) is 30.8 Å². The van der Waals surface area contributed by atoms with Crippen molar-refractivity contribution in [3.8, 4) is 0 Å². The fourth-order valence-electron chi connectivity index (χ4n) is 13.2. The summed E-state index contributed by atoms with van der Waals surface area (Å²) in [6, 6.07) is 17.6. The lowest BCUT2D eigenvalue weighted by Gasteiger charge is -2.38. The first kappa shape index (κ1) is 60.3. The molecular formula is C64H87ClN12O8. The van der Waals surface area contributed by atoms with E-state index in [0.29, 0.717) is 82.3 Å². The first-order valence-electron chi connectivity index (χ1n) is 31.2. The van der Waals surface area contributed by atoms with Crippen LogP contribution in [0, 0.1) is 0 Å². The quantitative estimate of drug-likeness (QED) is 0.111. The number of aliphatic imine (C=N–C) groups is 1. The number of rotatable bonds is 15. The number of benzene rings is 2. The van der Waals surface area contributed by atoms with Crippen LogP contribution in [0.1, 0.15) is 146 Å². The molecule has 85 heavy (non-hydrogen) atoms. The van der Waals surface area contributed by atoms with Gasteiger partial charge in [-0.05, 0) is 154 Å². The number of anilines is 1. The van der Waals surface area contributed by atoms with Crippen molar-refractivity contribution in [2.24, 2.45) is 4.99 Å².